The zero-order valence-electron chi connectivity index (χ0n) is 16.8. The molecule has 0 N–H and O–H groups in total. The van der Waals surface area contributed by atoms with Crippen LogP contribution in [-0.4, -0.2) is 38.2 Å². The smallest absolute Gasteiger partial charge is 0.325 e. The van der Waals surface area contributed by atoms with Crippen LogP contribution in [-0.2, 0) is 6.54 Å². The zero-order valence-corrected chi connectivity index (χ0v) is 16.8. The molecule has 1 heterocycles. The molecule has 7 nitrogen and oxygen atoms in total. The molecule has 1 amide bonds. The van der Waals surface area contributed by atoms with E-state index in [2.05, 4.69) is 5.10 Å². The number of carbonyl (C=O) groups is 1. The van der Waals surface area contributed by atoms with E-state index in [4.69, 9.17) is 0 Å². The lowest BCUT2D eigenvalue weighted by atomic mass is 10.1. The Balaban J connectivity index is 1.99. The van der Waals surface area contributed by atoms with Gasteiger partial charge in [0, 0.05) is 11.6 Å². The van der Waals surface area contributed by atoms with Crippen LogP contribution in [0, 0.1) is 24.0 Å². The molecule has 162 valence electrons. The molecule has 3 rings (SSSR count). The molecule has 0 unspecified atom stereocenters. The molecule has 0 radical (unpaired) electrons. The molecule has 0 fully saturated rings. The summed E-state index contributed by atoms with van der Waals surface area (Å²) in [4.78, 5) is 24.2. The highest BCUT2D eigenvalue weighted by Crippen LogP contribution is 2.26. The van der Waals surface area contributed by atoms with E-state index >= 15 is 0 Å². The van der Waals surface area contributed by atoms with Crippen molar-refractivity contribution in [3.63, 3.8) is 0 Å². The Hall–Kier alpha value is -3.69. The number of benzene rings is 2. The second-order valence-corrected chi connectivity index (χ2v) is 7.00. The van der Waals surface area contributed by atoms with E-state index in [9.17, 15) is 28.1 Å². The number of hydrogen-bond donors (Lipinski definition) is 0. The molecule has 0 saturated heterocycles. The number of hydrogen-bond acceptors (Lipinski definition) is 4. The maximum atomic E-state index is 13.2. The van der Waals surface area contributed by atoms with Gasteiger partial charge < -0.3 is 4.90 Å². The van der Waals surface area contributed by atoms with Crippen molar-refractivity contribution in [1.82, 2.24) is 14.7 Å². The lowest BCUT2D eigenvalue weighted by Gasteiger charge is -2.24. The number of carbonyl (C=O) groups excluding carboxylic acids is 1. The first-order valence-corrected chi connectivity index (χ1v) is 9.27. The first-order valence-electron chi connectivity index (χ1n) is 9.27. The van der Waals surface area contributed by atoms with Gasteiger partial charge in [-0.05, 0) is 25.5 Å². The quantitative estimate of drug-likeness (QED) is 0.421. The molecule has 31 heavy (non-hydrogen) atoms. The monoisotopic (exact) mass is 432 g/mol. The van der Waals surface area contributed by atoms with Crippen LogP contribution in [0.1, 0.15) is 27.2 Å². The minimum Gasteiger partial charge on any atom is -0.325 e. The molecule has 3 aromatic rings. The Morgan fingerprint density at radius 3 is 2.42 bits per heavy atom. The summed E-state index contributed by atoms with van der Waals surface area (Å²) < 4.78 is 41.1. The Morgan fingerprint density at radius 2 is 1.77 bits per heavy atom. The van der Waals surface area contributed by atoms with E-state index in [-0.39, 0.29) is 16.8 Å². The van der Waals surface area contributed by atoms with Crippen molar-refractivity contribution in [2.75, 3.05) is 6.54 Å². The Morgan fingerprint density at radius 1 is 1.13 bits per heavy atom. The molecule has 0 spiro atoms. The third kappa shape index (κ3) is 4.90. The number of nitro benzene ring substituents is 1. The number of alkyl halides is 3. The summed E-state index contributed by atoms with van der Waals surface area (Å²) in [5.41, 5.74) is 1.59. The number of para-hydroxylation sites is 2. The highest BCUT2D eigenvalue weighted by atomic mass is 19.4. The van der Waals surface area contributed by atoms with Crippen molar-refractivity contribution >= 4 is 11.6 Å². The van der Waals surface area contributed by atoms with Crippen molar-refractivity contribution in [3.05, 3.63) is 87.2 Å². The molecule has 10 heteroatoms. The summed E-state index contributed by atoms with van der Waals surface area (Å²) in [6.45, 7) is 1.32. The predicted molar refractivity (Wildman–Crippen MR) is 107 cm³/mol. The van der Waals surface area contributed by atoms with Gasteiger partial charge in [-0.15, -0.1) is 0 Å². The second kappa shape index (κ2) is 8.58. The van der Waals surface area contributed by atoms with Gasteiger partial charge in [-0.2, -0.15) is 18.3 Å². The van der Waals surface area contributed by atoms with Crippen LogP contribution in [0.5, 0.6) is 0 Å². The maximum absolute atomic E-state index is 13.2. The first-order chi connectivity index (χ1) is 14.6. The average Bonchev–Trinajstić information content (AvgIpc) is 3.07. The van der Waals surface area contributed by atoms with Crippen LogP contribution in [0.25, 0.3) is 5.69 Å². The van der Waals surface area contributed by atoms with E-state index < -0.39 is 30.1 Å². The molecular formula is C21H19F3N4O3. The van der Waals surface area contributed by atoms with Crippen molar-refractivity contribution in [3.8, 4) is 5.69 Å². The van der Waals surface area contributed by atoms with Gasteiger partial charge in [0.15, 0.2) is 0 Å². The molecule has 0 aliphatic carbocycles. The molecule has 2 aromatic carbocycles. The lowest BCUT2D eigenvalue weighted by Crippen LogP contribution is -2.38. The number of aryl methyl sites for hydroxylation is 1. The third-order valence-corrected chi connectivity index (χ3v) is 4.79. The summed E-state index contributed by atoms with van der Waals surface area (Å²) >= 11 is 0. The Labute approximate surface area is 175 Å². The maximum Gasteiger partial charge on any atom is 0.406 e. The van der Waals surface area contributed by atoms with Gasteiger partial charge in [0.25, 0.3) is 11.6 Å². The Bertz CT molecular complexity index is 1130. The number of halogens is 3. The van der Waals surface area contributed by atoms with Gasteiger partial charge in [-0.25, -0.2) is 4.68 Å². The minimum absolute atomic E-state index is 0.00825. The number of amides is 1. The van der Waals surface area contributed by atoms with Crippen LogP contribution < -0.4 is 0 Å². The lowest BCUT2D eigenvalue weighted by molar-refractivity contribution is -0.385. The largest absolute Gasteiger partial charge is 0.406 e. The van der Waals surface area contributed by atoms with Gasteiger partial charge >= 0.3 is 6.18 Å². The van der Waals surface area contributed by atoms with Crippen molar-refractivity contribution in [2.24, 2.45) is 0 Å². The van der Waals surface area contributed by atoms with Crippen molar-refractivity contribution < 1.29 is 22.9 Å². The predicted octanol–water partition coefficient (Wildman–Crippen LogP) is 4.60. The normalized spacial score (nSPS) is 11.4. The van der Waals surface area contributed by atoms with Gasteiger partial charge in [0.05, 0.1) is 34.6 Å². The van der Waals surface area contributed by atoms with Gasteiger partial charge in [-0.3, -0.25) is 14.9 Å². The van der Waals surface area contributed by atoms with Gasteiger partial charge in [-0.1, -0.05) is 36.4 Å². The van der Waals surface area contributed by atoms with Crippen LogP contribution in [0.15, 0.2) is 54.7 Å². The molecule has 0 atom stereocenters. The highest BCUT2D eigenvalue weighted by Gasteiger charge is 2.35. The summed E-state index contributed by atoms with van der Waals surface area (Å²) in [5, 5.41) is 15.4. The average molecular weight is 432 g/mol. The minimum atomic E-state index is -4.68. The number of nitro groups is 1. The fourth-order valence-electron chi connectivity index (χ4n) is 3.28. The van der Waals surface area contributed by atoms with Crippen LogP contribution in [0.4, 0.5) is 18.9 Å². The molecular weight excluding hydrogens is 413 g/mol. The number of aromatic nitrogens is 2. The Kier molecular flexibility index (Phi) is 6.09. The molecule has 0 aliphatic heterocycles. The summed E-state index contributed by atoms with van der Waals surface area (Å²) in [5.74, 6) is -0.909. The highest BCUT2D eigenvalue weighted by molar-refractivity contribution is 5.95. The van der Waals surface area contributed by atoms with E-state index in [1.165, 1.54) is 35.1 Å². The third-order valence-electron chi connectivity index (χ3n) is 4.79. The van der Waals surface area contributed by atoms with E-state index in [1.54, 1.807) is 19.1 Å². The fourth-order valence-corrected chi connectivity index (χ4v) is 3.28. The fraction of sp³-hybridized carbons (Fsp3) is 0.238. The summed E-state index contributed by atoms with van der Waals surface area (Å²) in [6, 6.07) is 12.7. The SMILES string of the molecule is Cc1ccccc1-n1ncc(C(=O)N(Cc2ccccc2[N+](=O)[O-])CC(F)(F)F)c1C. The second-order valence-electron chi connectivity index (χ2n) is 7.00. The zero-order chi connectivity index (χ0) is 22.8. The molecule has 0 bridgehead atoms. The van der Waals surface area contributed by atoms with E-state index in [0.717, 1.165) is 5.56 Å². The van der Waals surface area contributed by atoms with Gasteiger partial charge in [0.2, 0.25) is 0 Å². The number of nitrogens with zero attached hydrogens (tertiary/aromatic N) is 4. The van der Waals surface area contributed by atoms with Crippen LogP contribution in [0.2, 0.25) is 0 Å². The summed E-state index contributed by atoms with van der Waals surface area (Å²) in [6.07, 6.45) is -3.47. The topological polar surface area (TPSA) is 81.3 Å². The molecule has 1 aromatic heterocycles. The summed E-state index contributed by atoms with van der Waals surface area (Å²) in [7, 11) is 0. The van der Waals surface area contributed by atoms with E-state index in [0.29, 0.717) is 16.3 Å². The van der Waals surface area contributed by atoms with Crippen molar-refractivity contribution in [2.45, 2.75) is 26.6 Å². The number of rotatable bonds is 6. The van der Waals surface area contributed by atoms with E-state index in [1.807, 2.05) is 19.1 Å². The standard InChI is InChI=1S/C21H19F3N4O3/c1-14-7-3-5-9-18(14)27-15(2)17(11-25-27)20(29)26(13-21(22,23)24)12-16-8-4-6-10-19(16)28(30)31/h3-11H,12-13H2,1-2H3. The van der Waals surface area contributed by atoms with Crippen LogP contribution >= 0.6 is 0 Å². The van der Waals surface area contributed by atoms with Crippen molar-refractivity contribution in [1.29, 1.82) is 0 Å². The first kappa shape index (κ1) is 22.0. The molecule has 0 saturated carbocycles. The van der Waals surface area contributed by atoms with Gasteiger partial charge in [0.1, 0.15) is 6.54 Å². The molecule has 0 aliphatic rings. The van der Waals surface area contributed by atoms with Crippen LogP contribution in [0.3, 0.4) is 0 Å².